The van der Waals surface area contributed by atoms with E-state index >= 15 is 0 Å². The van der Waals surface area contributed by atoms with Crippen LogP contribution in [0.25, 0.3) is 15.2 Å². The average molecular weight is 288 g/mol. The van der Waals surface area contributed by atoms with Gasteiger partial charge < -0.3 is 5.11 Å². The highest BCUT2D eigenvalue weighted by atomic mass is 32.1. The van der Waals surface area contributed by atoms with Gasteiger partial charge in [0.2, 0.25) is 0 Å². The number of aryl methyl sites for hydroxylation is 1. The minimum Gasteiger partial charge on any atom is -0.481 e. The molecule has 0 bridgehead atoms. The predicted octanol–water partition coefficient (Wildman–Crippen LogP) is 2.10. The topological polar surface area (TPSA) is 71.7 Å². The van der Waals surface area contributed by atoms with Gasteiger partial charge in [0, 0.05) is 11.8 Å². The summed E-state index contributed by atoms with van der Waals surface area (Å²) in [4.78, 5) is 27.2. The molecule has 0 unspecified atom stereocenters. The van der Waals surface area contributed by atoms with Crippen molar-refractivity contribution in [2.75, 3.05) is 0 Å². The van der Waals surface area contributed by atoms with Crippen molar-refractivity contribution in [3.8, 4) is 0 Å². The molecule has 20 heavy (non-hydrogen) atoms. The number of nitrogens with zero attached hydrogens (tertiary/aromatic N) is 2. The average Bonchev–Trinajstić information content (AvgIpc) is 2.73. The van der Waals surface area contributed by atoms with Crippen LogP contribution < -0.4 is 5.56 Å². The lowest BCUT2D eigenvalue weighted by Crippen LogP contribution is -2.13. The predicted molar refractivity (Wildman–Crippen MR) is 77.6 cm³/mol. The summed E-state index contributed by atoms with van der Waals surface area (Å²) in [5, 5.41) is 8.83. The fourth-order valence-corrected chi connectivity index (χ4v) is 3.24. The molecule has 1 N–H and O–H groups in total. The second-order valence-corrected chi connectivity index (χ2v) is 5.56. The summed E-state index contributed by atoms with van der Waals surface area (Å²) >= 11 is 1.40. The van der Waals surface area contributed by atoms with Gasteiger partial charge in [0.25, 0.3) is 5.56 Å². The van der Waals surface area contributed by atoms with Gasteiger partial charge in [-0.1, -0.05) is 24.3 Å². The number of benzene rings is 1. The molecule has 0 aliphatic carbocycles. The van der Waals surface area contributed by atoms with E-state index in [9.17, 15) is 9.59 Å². The van der Waals surface area contributed by atoms with Crippen molar-refractivity contribution in [3.63, 3.8) is 0 Å². The minimum atomic E-state index is -0.855. The largest absolute Gasteiger partial charge is 0.481 e. The van der Waals surface area contributed by atoms with Crippen molar-refractivity contribution in [1.82, 2.24) is 9.38 Å². The maximum Gasteiger partial charge on any atom is 0.307 e. The van der Waals surface area contributed by atoms with Crippen molar-refractivity contribution in [2.24, 2.45) is 0 Å². The first-order valence-electron chi connectivity index (χ1n) is 6.24. The van der Waals surface area contributed by atoms with Crippen molar-refractivity contribution in [3.05, 3.63) is 45.9 Å². The molecule has 3 rings (SSSR count). The normalized spacial score (nSPS) is 11.2. The molecule has 0 atom stereocenters. The van der Waals surface area contributed by atoms with Crippen LogP contribution in [0.2, 0.25) is 0 Å². The zero-order chi connectivity index (χ0) is 14.3. The molecular weight excluding hydrogens is 276 g/mol. The number of hydrogen-bond acceptors (Lipinski definition) is 4. The molecule has 0 saturated carbocycles. The minimum absolute atomic E-state index is 0.00467. The standard InChI is InChI=1S/C14H12N2O3S/c1-2-9-7-16-10-4-3-8(6-12(17)18)5-11(10)20-14(16)15-13(9)19/h3-5,7H,2,6H2,1H3,(H,17,18). The number of hydrogen-bond donors (Lipinski definition) is 1. The Balaban J connectivity index is 2.25. The second kappa shape index (κ2) is 4.72. The van der Waals surface area contributed by atoms with Gasteiger partial charge in [0.1, 0.15) is 0 Å². The Bertz CT molecular complexity index is 879. The number of aromatic nitrogens is 2. The molecule has 0 aliphatic rings. The first kappa shape index (κ1) is 12.8. The van der Waals surface area contributed by atoms with Gasteiger partial charge in [-0.2, -0.15) is 4.98 Å². The van der Waals surface area contributed by atoms with E-state index in [0.29, 0.717) is 16.9 Å². The highest BCUT2D eigenvalue weighted by Crippen LogP contribution is 2.26. The number of carbonyl (C=O) groups is 1. The van der Waals surface area contributed by atoms with Gasteiger partial charge >= 0.3 is 5.97 Å². The van der Waals surface area contributed by atoms with E-state index in [4.69, 9.17) is 5.11 Å². The third-order valence-electron chi connectivity index (χ3n) is 3.18. The molecule has 2 heterocycles. The number of thiazole rings is 1. The summed E-state index contributed by atoms with van der Waals surface area (Å²) in [5.41, 5.74) is 2.18. The lowest BCUT2D eigenvalue weighted by Gasteiger charge is -1.99. The summed E-state index contributed by atoms with van der Waals surface area (Å²) in [6.45, 7) is 1.92. The van der Waals surface area contributed by atoms with Crippen molar-refractivity contribution in [2.45, 2.75) is 19.8 Å². The van der Waals surface area contributed by atoms with Crippen molar-refractivity contribution < 1.29 is 9.90 Å². The molecule has 1 aromatic carbocycles. The zero-order valence-electron chi connectivity index (χ0n) is 10.8. The Morgan fingerprint density at radius 2 is 2.25 bits per heavy atom. The van der Waals surface area contributed by atoms with Crippen molar-refractivity contribution in [1.29, 1.82) is 0 Å². The van der Waals surface area contributed by atoms with E-state index in [0.717, 1.165) is 15.8 Å². The molecular formula is C14H12N2O3S. The maximum atomic E-state index is 11.8. The molecule has 0 amide bonds. The summed E-state index contributed by atoms with van der Waals surface area (Å²) in [6, 6.07) is 5.52. The summed E-state index contributed by atoms with van der Waals surface area (Å²) in [5.74, 6) is -0.855. The van der Waals surface area contributed by atoms with Crippen LogP contribution in [-0.2, 0) is 17.6 Å². The van der Waals surface area contributed by atoms with Crippen LogP contribution >= 0.6 is 11.3 Å². The molecule has 102 valence electrons. The van der Waals surface area contributed by atoms with E-state index in [1.807, 2.05) is 29.7 Å². The van der Waals surface area contributed by atoms with E-state index in [-0.39, 0.29) is 12.0 Å². The summed E-state index contributed by atoms with van der Waals surface area (Å²) < 4.78 is 2.83. The Kier molecular flexibility index (Phi) is 3.02. The molecule has 0 radical (unpaired) electrons. The number of fused-ring (bicyclic) bond motifs is 3. The summed E-state index contributed by atoms with van der Waals surface area (Å²) in [7, 11) is 0. The van der Waals surface area contributed by atoms with Crippen LogP contribution in [0, 0.1) is 0 Å². The van der Waals surface area contributed by atoms with E-state index < -0.39 is 5.97 Å². The van der Waals surface area contributed by atoms with Gasteiger partial charge in [-0.3, -0.25) is 14.0 Å². The second-order valence-electron chi connectivity index (χ2n) is 4.55. The summed E-state index contributed by atoms with van der Waals surface area (Å²) in [6.07, 6.45) is 2.46. The lowest BCUT2D eigenvalue weighted by molar-refractivity contribution is -0.136. The number of carboxylic acids is 1. The fraction of sp³-hybridized carbons (Fsp3) is 0.214. The number of carboxylic acid groups (broad SMARTS) is 1. The third kappa shape index (κ3) is 2.08. The smallest absolute Gasteiger partial charge is 0.307 e. The van der Waals surface area contributed by atoms with Crippen LogP contribution in [0.15, 0.2) is 29.2 Å². The monoisotopic (exact) mass is 288 g/mol. The maximum absolute atomic E-state index is 11.8. The Hall–Kier alpha value is -2.21. The quantitative estimate of drug-likeness (QED) is 0.801. The first-order chi connectivity index (χ1) is 9.58. The zero-order valence-corrected chi connectivity index (χ0v) is 11.6. The Labute approximate surface area is 118 Å². The highest BCUT2D eigenvalue weighted by Gasteiger charge is 2.10. The lowest BCUT2D eigenvalue weighted by atomic mass is 10.1. The van der Waals surface area contributed by atoms with Gasteiger partial charge in [-0.05, 0) is 24.1 Å². The molecule has 6 heteroatoms. The van der Waals surface area contributed by atoms with Gasteiger partial charge in [0.15, 0.2) is 4.96 Å². The molecule has 5 nitrogen and oxygen atoms in total. The van der Waals surface area contributed by atoms with E-state index in [1.54, 1.807) is 6.07 Å². The first-order valence-corrected chi connectivity index (χ1v) is 7.05. The molecule has 0 spiro atoms. The van der Waals surface area contributed by atoms with Gasteiger partial charge in [-0.25, -0.2) is 0 Å². The highest BCUT2D eigenvalue weighted by molar-refractivity contribution is 7.23. The Morgan fingerprint density at radius 3 is 2.95 bits per heavy atom. The van der Waals surface area contributed by atoms with E-state index in [2.05, 4.69) is 4.98 Å². The van der Waals surface area contributed by atoms with Crippen LogP contribution in [0.4, 0.5) is 0 Å². The van der Waals surface area contributed by atoms with Gasteiger partial charge in [-0.15, -0.1) is 0 Å². The fourth-order valence-electron chi connectivity index (χ4n) is 2.19. The van der Waals surface area contributed by atoms with Crippen LogP contribution in [0.3, 0.4) is 0 Å². The molecule has 3 aromatic rings. The molecule has 0 saturated heterocycles. The molecule has 0 fully saturated rings. The number of aliphatic carboxylic acids is 1. The van der Waals surface area contributed by atoms with E-state index in [1.165, 1.54) is 11.3 Å². The van der Waals surface area contributed by atoms with Crippen LogP contribution in [0.1, 0.15) is 18.1 Å². The third-order valence-corrected chi connectivity index (χ3v) is 4.20. The number of rotatable bonds is 3. The SMILES string of the molecule is CCc1cn2c(nc1=O)sc1cc(CC(=O)O)ccc12. The molecule has 2 aromatic heterocycles. The van der Waals surface area contributed by atoms with Crippen molar-refractivity contribution >= 4 is 32.5 Å². The molecule has 0 aliphatic heterocycles. The van der Waals surface area contributed by atoms with Gasteiger partial charge in [0.05, 0.1) is 16.6 Å². The van der Waals surface area contributed by atoms with Crippen LogP contribution in [-0.4, -0.2) is 20.5 Å². The Morgan fingerprint density at radius 1 is 1.45 bits per heavy atom. The van der Waals surface area contributed by atoms with Crippen LogP contribution in [0.5, 0.6) is 0 Å².